The summed E-state index contributed by atoms with van der Waals surface area (Å²) in [5, 5.41) is 15.0. The number of alkyl halides is 2. The third kappa shape index (κ3) is 3.22. The third-order valence-corrected chi connectivity index (χ3v) is 3.71. The smallest absolute Gasteiger partial charge is 0.395 e. The van der Waals surface area contributed by atoms with E-state index >= 15 is 0 Å². The van der Waals surface area contributed by atoms with Crippen molar-refractivity contribution in [1.29, 1.82) is 0 Å². The Morgan fingerprint density at radius 3 is 2.73 bits per heavy atom. The van der Waals surface area contributed by atoms with Crippen LogP contribution in [0, 0.1) is 0 Å². The number of amides is 2. The zero-order chi connectivity index (χ0) is 15.7. The first-order valence-electron chi connectivity index (χ1n) is 7.08. The first-order valence-corrected chi connectivity index (χ1v) is 7.08. The molecule has 1 aliphatic heterocycles. The average molecular weight is 314 g/mol. The fraction of sp³-hybridized carbons (Fsp3) is 0.500. The number of ether oxygens (including phenoxy) is 2. The van der Waals surface area contributed by atoms with Crippen LogP contribution in [-0.4, -0.2) is 29.6 Å². The van der Waals surface area contributed by atoms with Gasteiger partial charge in [-0.1, -0.05) is 12.8 Å². The van der Waals surface area contributed by atoms with Crippen LogP contribution in [0.25, 0.3) is 0 Å². The summed E-state index contributed by atoms with van der Waals surface area (Å²) in [7, 11) is 0. The number of fused-ring (bicyclic) bond motifs is 1. The van der Waals surface area contributed by atoms with E-state index in [0.29, 0.717) is 18.5 Å². The molecule has 120 valence electrons. The maximum atomic E-state index is 12.9. The van der Waals surface area contributed by atoms with Crippen molar-refractivity contribution in [2.45, 2.75) is 44.1 Å². The number of rotatable bonds is 2. The lowest BCUT2D eigenvalue weighted by atomic mass is 9.93. The summed E-state index contributed by atoms with van der Waals surface area (Å²) in [5.41, 5.74) is 0.294. The van der Waals surface area contributed by atoms with Crippen molar-refractivity contribution in [3.63, 3.8) is 0 Å². The Kier molecular flexibility index (Phi) is 3.78. The van der Waals surface area contributed by atoms with Crippen LogP contribution in [0.2, 0.25) is 0 Å². The van der Waals surface area contributed by atoms with Gasteiger partial charge in [0.25, 0.3) is 0 Å². The van der Waals surface area contributed by atoms with Crippen LogP contribution in [0.15, 0.2) is 18.2 Å². The molecular weight excluding hydrogens is 298 g/mol. The van der Waals surface area contributed by atoms with E-state index in [4.69, 9.17) is 0 Å². The van der Waals surface area contributed by atoms with Gasteiger partial charge in [-0.3, -0.25) is 0 Å². The zero-order valence-electron chi connectivity index (χ0n) is 11.6. The minimum absolute atomic E-state index is 0.0846. The predicted molar refractivity (Wildman–Crippen MR) is 73.1 cm³/mol. The van der Waals surface area contributed by atoms with Crippen LogP contribution in [0.1, 0.15) is 25.7 Å². The van der Waals surface area contributed by atoms with E-state index in [1.165, 1.54) is 18.2 Å². The number of benzene rings is 1. The van der Waals surface area contributed by atoms with Crippen LogP contribution < -0.4 is 20.1 Å². The molecule has 0 spiro atoms. The van der Waals surface area contributed by atoms with Gasteiger partial charge >= 0.3 is 12.3 Å². The third-order valence-electron chi connectivity index (χ3n) is 3.71. The Balaban J connectivity index is 1.61. The van der Waals surface area contributed by atoms with Gasteiger partial charge in [-0.05, 0) is 25.0 Å². The maximum Gasteiger partial charge on any atom is 0.586 e. The number of aliphatic hydroxyl groups is 1. The lowest BCUT2D eigenvalue weighted by molar-refractivity contribution is -0.286. The molecule has 1 heterocycles. The number of nitrogens with one attached hydrogen (secondary N) is 2. The summed E-state index contributed by atoms with van der Waals surface area (Å²) < 4.78 is 34.4. The van der Waals surface area contributed by atoms with Gasteiger partial charge < -0.3 is 25.2 Å². The molecule has 0 saturated heterocycles. The molecule has 0 aromatic heterocycles. The number of hydrogen-bond donors (Lipinski definition) is 3. The van der Waals surface area contributed by atoms with Crippen LogP contribution in [-0.2, 0) is 0 Å². The van der Waals surface area contributed by atoms with Crippen molar-refractivity contribution >= 4 is 11.7 Å². The highest BCUT2D eigenvalue weighted by atomic mass is 19.3. The first-order chi connectivity index (χ1) is 10.4. The van der Waals surface area contributed by atoms with Crippen LogP contribution >= 0.6 is 0 Å². The minimum Gasteiger partial charge on any atom is -0.395 e. The monoisotopic (exact) mass is 314 g/mol. The number of carbonyl (C=O) groups is 1. The molecule has 8 heteroatoms. The topological polar surface area (TPSA) is 79.8 Å². The predicted octanol–water partition coefficient (Wildman–Crippen LogP) is 2.43. The zero-order valence-corrected chi connectivity index (χ0v) is 11.6. The van der Waals surface area contributed by atoms with Gasteiger partial charge in [-0.2, -0.15) is 0 Å². The van der Waals surface area contributed by atoms with Crippen LogP contribution in [0.3, 0.4) is 0 Å². The number of aliphatic hydroxyl groups excluding tert-OH is 1. The fourth-order valence-electron chi connectivity index (χ4n) is 2.64. The molecule has 1 aromatic carbocycles. The summed E-state index contributed by atoms with van der Waals surface area (Å²) >= 11 is 0. The summed E-state index contributed by atoms with van der Waals surface area (Å²) in [5.74, 6) is -0.223. The second-order valence-electron chi connectivity index (χ2n) is 5.39. The molecule has 2 amide bonds. The van der Waals surface area contributed by atoms with Crippen molar-refractivity contribution in [1.82, 2.24) is 5.32 Å². The van der Waals surface area contributed by atoms with Crippen LogP contribution in [0.4, 0.5) is 19.3 Å². The Morgan fingerprint density at radius 2 is 1.95 bits per heavy atom. The number of carbonyl (C=O) groups excluding carboxylic acids is 1. The Bertz CT molecular complexity index is 582. The normalized spacial score (nSPS) is 25.6. The first kappa shape index (κ1) is 14.8. The van der Waals surface area contributed by atoms with Crippen molar-refractivity contribution < 1.29 is 28.2 Å². The van der Waals surface area contributed by atoms with E-state index in [1.807, 2.05) is 0 Å². The molecule has 3 N–H and O–H groups in total. The molecule has 2 aliphatic rings. The summed E-state index contributed by atoms with van der Waals surface area (Å²) in [6.07, 6.45) is -0.991. The quantitative estimate of drug-likeness (QED) is 0.783. The summed E-state index contributed by atoms with van der Waals surface area (Å²) in [6.45, 7) is 0. The van der Waals surface area contributed by atoms with Gasteiger partial charge in [0.2, 0.25) is 0 Å². The van der Waals surface area contributed by atoms with Gasteiger partial charge in [-0.25, -0.2) is 4.79 Å². The summed E-state index contributed by atoms with van der Waals surface area (Å²) in [4.78, 5) is 11.9. The maximum absolute atomic E-state index is 12.9. The van der Waals surface area contributed by atoms with Gasteiger partial charge in [0, 0.05) is 11.8 Å². The minimum atomic E-state index is -3.69. The molecule has 0 radical (unpaired) electrons. The van der Waals surface area contributed by atoms with Crippen LogP contribution in [0.5, 0.6) is 11.5 Å². The molecule has 22 heavy (non-hydrogen) atoms. The molecule has 1 saturated carbocycles. The number of hydrogen-bond acceptors (Lipinski definition) is 4. The SMILES string of the molecule is O=C(Nc1ccc2c(c1)OC(F)(F)O2)NC1CCCCC1O. The lowest BCUT2D eigenvalue weighted by Crippen LogP contribution is -2.46. The molecule has 0 bridgehead atoms. The average Bonchev–Trinajstić information content (AvgIpc) is 2.74. The fourth-order valence-corrected chi connectivity index (χ4v) is 2.64. The van der Waals surface area contributed by atoms with E-state index in [0.717, 1.165) is 12.8 Å². The second-order valence-corrected chi connectivity index (χ2v) is 5.39. The largest absolute Gasteiger partial charge is 0.586 e. The molecule has 2 atom stereocenters. The molecular formula is C14H16F2N2O4. The van der Waals surface area contributed by atoms with Crippen molar-refractivity contribution in [2.24, 2.45) is 0 Å². The molecule has 3 rings (SSSR count). The molecule has 6 nitrogen and oxygen atoms in total. The Morgan fingerprint density at radius 1 is 1.23 bits per heavy atom. The summed E-state index contributed by atoms with van der Waals surface area (Å²) in [6, 6.07) is 3.18. The van der Waals surface area contributed by atoms with E-state index in [-0.39, 0.29) is 17.5 Å². The molecule has 1 fully saturated rings. The highest BCUT2D eigenvalue weighted by molar-refractivity contribution is 5.90. The number of anilines is 1. The lowest BCUT2D eigenvalue weighted by Gasteiger charge is -2.28. The number of halogens is 2. The van der Waals surface area contributed by atoms with Gasteiger partial charge in [0.15, 0.2) is 11.5 Å². The Hall–Kier alpha value is -2.09. The molecule has 1 aliphatic carbocycles. The molecule has 1 aromatic rings. The second kappa shape index (κ2) is 5.60. The standard InChI is InChI=1S/C14H16F2N2O4/c15-14(16)21-11-6-5-8(7-12(11)22-14)17-13(20)18-9-3-1-2-4-10(9)19/h5-7,9-10,19H,1-4H2,(H2,17,18,20). The highest BCUT2D eigenvalue weighted by Gasteiger charge is 2.43. The van der Waals surface area contributed by atoms with Gasteiger partial charge in [0.05, 0.1) is 12.1 Å². The van der Waals surface area contributed by atoms with Gasteiger partial charge in [0.1, 0.15) is 0 Å². The van der Waals surface area contributed by atoms with Crippen molar-refractivity contribution in [3.8, 4) is 11.5 Å². The Labute approximate surface area is 125 Å². The molecule has 2 unspecified atom stereocenters. The van der Waals surface area contributed by atoms with Crippen molar-refractivity contribution in [2.75, 3.05) is 5.32 Å². The van der Waals surface area contributed by atoms with E-state index < -0.39 is 18.4 Å². The van der Waals surface area contributed by atoms with Crippen molar-refractivity contribution in [3.05, 3.63) is 18.2 Å². The highest BCUT2D eigenvalue weighted by Crippen LogP contribution is 2.42. The van der Waals surface area contributed by atoms with E-state index in [1.54, 1.807) is 0 Å². The van der Waals surface area contributed by atoms with Gasteiger partial charge in [-0.15, -0.1) is 8.78 Å². The van der Waals surface area contributed by atoms with E-state index in [9.17, 15) is 18.7 Å². The number of urea groups is 1. The van der Waals surface area contributed by atoms with E-state index in [2.05, 4.69) is 20.1 Å².